The first-order valence-corrected chi connectivity index (χ1v) is 6.66. The van der Waals surface area contributed by atoms with E-state index in [9.17, 15) is 14.3 Å². The molecule has 4 nitrogen and oxygen atoms in total. The van der Waals surface area contributed by atoms with Gasteiger partial charge in [0.2, 0.25) is 0 Å². The molecule has 2 aromatic carbocycles. The molecule has 0 heterocycles. The molecule has 110 valence electrons. The van der Waals surface area contributed by atoms with Crippen LogP contribution in [0.4, 0.5) is 14.9 Å². The second-order valence-electron chi connectivity index (χ2n) is 4.65. The first-order valence-electron chi connectivity index (χ1n) is 6.66. The van der Waals surface area contributed by atoms with Crippen LogP contribution < -0.4 is 10.6 Å². The first kappa shape index (κ1) is 15.0. The lowest BCUT2D eigenvalue weighted by Gasteiger charge is -2.17. The van der Waals surface area contributed by atoms with Crippen molar-refractivity contribution < 1.29 is 14.3 Å². The Morgan fingerprint density at radius 2 is 1.76 bits per heavy atom. The summed E-state index contributed by atoms with van der Waals surface area (Å²) < 4.78 is 13.4. The van der Waals surface area contributed by atoms with Gasteiger partial charge >= 0.3 is 6.03 Å². The quantitative estimate of drug-likeness (QED) is 0.792. The number of nitrogens with one attached hydrogen (secondary N) is 2. The molecule has 2 amide bonds. The van der Waals surface area contributed by atoms with Crippen molar-refractivity contribution in [3.05, 3.63) is 66.0 Å². The van der Waals surface area contributed by atoms with E-state index in [4.69, 9.17) is 0 Å². The zero-order chi connectivity index (χ0) is 15.1. The van der Waals surface area contributed by atoms with Gasteiger partial charge in [0.05, 0.1) is 18.3 Å². The topological polar surface area (TPSA) is 61.4 Å². The third-order valence-corrected chi connectivity index (χ3v) is 3.00. The Hall–Kier alpha value is -2.40. The Bertz CT molecular complexity index is 590. The Balaban J connectivity index is 1.92. The van der Waals surface area contributed by atoms with Gasteiger partial charge in [-0.05, 0) is 24.1 Å². The highest BCUT2D eigenvalue weighted by molar-refractivity contribution is 5.89. The van der Waals surface area contributed by atoms with Crippen LogP contribution in [-0.4, -0.2) is 23.8 Å². The number of aliphatic hydroxyl groups excluding tert-OH is 1. The molecular formula is C16H17FN2O2. The monoisotopic (exact) mass is 288 g/mol. The van der Waals surface area contributed by atoms with Crippen LogP contribution >= 0.6 is 0 Å². The van der Waals surface area contributed by atoms with Crippen LogP contribution in [0.5, 0.6) is 0 Å². The van der Waals surface area contributed by atoms with Gasteiger partial charge in [0.1, 0.15) is 5.82 Å². The van der Waals surface area contributed by atoms with Crippen molar-refractivity contribution in [3.8, 4) is 0 Å². The minimum Gasteiger partial charge on any atom is -0.394 e. The van der Waals surface area contributed by atoms with Gasteiger partial charge in [-0.25, -0.2) is 9.18 Å². The summed E-state index contributed by atoms with van der Waals surface area (Å²) in [4.78, 5) is 11.8. The van der Waals surface area contributed by atoms with Gasteiger partial charge in [0, 0.05) is 0 Å². The van der Waals surface area contributed by atoms with E-state index in [-0.39, 0.29) is 12.3 Å². The molecule has 2 rings (SSSR count). The van der Waals surface area contributed by atoms with Crippen LogP contribution in [0.2, 0.25) is 0 Å². The fraction of sp³-hybridized carbons (Fsp3) is 0.188. The standard InChI is InChI=1S/C16H17FN2O2/c17-14-8-4-5-9-15(14)19-16(21)18-13(11-20)10-12-6-2-1-3-7-12/h1-9,13,20H,10-11H2,(H2,18,19,21). The zero-order valence-electron chi connectivity index (χ0n) is 11.4. The highest BCUT2D eigenvalue weighted by atomic mass is 19.1. The number of urea groups is 1. The highest BCUT2D eigenvalue weighted by Gasteiger charge is 2.13. The normalized spacial score (nSPS) is 11.7. The van der Waals surface area contributed by atoms with Crippen molar-refractivity contribution in [2.75, 3.05) is 11.9 Å². The molecule has 1 unspecified atom stereocenters. The van der Waals surface area contributed by atoms with Gasteiger partial charge < -0.3 is 15.7 Å². The minimum atomic E-state index is -0.546. The van der Waals surface area contributed by atoms with Crippen LogP contribution in [0.3, 0.4) is 0 Å². The first-order chi connectivity index (χ1) is 10.2. The third kappa shape index (κ3) is 4.57. The summed E-state index contributed by atoms with van der Waals surface area (Å²) in [6, 6.07) is 14.5. The average Bonchev–Trinajstić information content (AvgIpc) is 2.50. The van der Waals surface area contributed by atoms with E-state index in [1.165, 1.54) is 12.1 Å². The van der Waals surface area contributed by atoms with Gasteiger partial charge in [-0.1, -0.05) is 42.5 Å². The number of rotatable bonds is 5. The molecule has 0 saturated heterocycles. The maximum absolute atomic E-state index is 13.4. The summed E-state index contributed by atoms with van der Waals surface area (Å²) in [5.41, 5.74) is 1.11. The maximum atomic E-state index is 13.4. The zero-order valence-corrected chi connectivity index (χ0v) is 11.4. The molecule has 0 bridgehead atoms. The minimum absolute atomic E-state index is 0.103. The summed E-state index contributed by atoms with van der Waals surface area (Å²) >= 11 is 0. The number of aliphatic hydroxyl groups is 1. The largest absolute Gasteiger partial charge is 0.394 e. The van der Waals surface area contributed by atoms with E-state index in [1.807, 2.05) is 30.3 Å². The Labute approximate surface area is 122 Å². The number of hydrogen-bond donors (Lipinski definition) is 3. The van der Waals surface area contributed by atoms with E-state index >= 15 is 0 Å². The number of halogens is 1. The molecule has 0 aliphatic heterocycles. The molecule has 0 aliphatic carbocycles. The molecule has 0 radical (unpaired) electrons. The van der Waals surface area contributed by atoms with E-state index in [2.05, 4.69) is 10.6 Å². The van der Waals surface area contributed by atoms with Crippen LogP contribution in [-0.2, 0) is 6.42 Å². The van der Waals surface area contributed by atoms with Crippen molar-refractivity contribution in [3.63, 3.8) is 0 Å². The van der Waals surface area contributed by atoms with Crippen LogP contribution in [0.1, 0.15) is 5.56 Å². The molecule has 21 heavy (non-hydrogen) atoms. The number of para-hydroxylation sites is 1. The number of hydrogen-bond acceptors (Lipinski definition) is 2. The summed E-state index contributed by atoms with van der Waals surface area (Å²) in [6.07, 6.45) is 0.502. The van der Waals surface area contributed by atoms with Gasteiger partial charge in [-0.3, -0.25) is 0 Å². The van der Waals surface area contributed by atoms with Crippen molar-refractivity contribution >= 4 is 11.7 Å². The summed E-state index contributed by atoms with van der Waals surface area (Å²) in [7, 11) is 0. The molecule has 0 aromatic heterocycles. The van der Waals surface area contributed by atoms with E-state index in [0.717, 1.165) is 5.56 Å². The summed E-state index contributed by atoms with van der Waals surface area (Å²) in [5, 5.41) is 14.4. The summed E-state index contributed by atoms with van der Waals surface area (Å²) in [6.45, 7) is -0.195. The van der Waals surface area contributed by atoms with Crippen LogP contribution in [0.25, 0.3) is 0 Å². The van der Waals surface area contributed by atoms with Gasteiger partial charge in [0.15, 0.2) is 0 Å². The van der Waals surface area contributed by atoms with E-state index in [0.29, 0.717) is 6.42 Å². The van der Waals surface area contributed by atoms with Gasteiger partial charge in [-0.2, -0.15) is 0 Å². The smallest absolute Gasteiger partial charge is 0.319 e. The molecule has 0 spiro atoms. The summed E-state index contributed by atoms with van der Waals surface area (Å²) in [5.74, 6) is -0.503. The maximum Gasteiger partial charge on any atom is 0.319 e. The number of carbonyl (C=O) groups excluding carboxylic acids is 1. The van der Waals surface area contributed by atoms with Gasteiger partial charge in [-0.15, -0.1) is 0 Å². The lowest BCUT2D eigenvalue weighted by Crippen LogP contribution is -2.41. The predicted molar refractivity (Wildman–Crippen MR) is 79.6 cm³/mol. The van der Waals surface area contributed by atoms with Crippen molar-refractivity contribution in [2.45, 2.75) is 12.5 Å². The van der Waals surface area contributed by atoms with Crippen molar-refractivity contribution in [2.24, 2.45) is 0 Å². The molecule has 0 fully saturated rings. The van der Waals surface area contributed by atoms with Crippen LogP contribution in [0, 0.1) is 5.82 Å². The molecular weight excluding hydrogens is 271 g/mol. The molecule has 1 atom stereocenters. The molecule has 5 heteroatoms. The molecule has 0 saturated carbocycles. The SMILES string of the molecule is O=C(Nc1ccccc1F)NC(CO)Cc1ccccc1. The lowest BCUT2D eigenvalue weighted by molar-refractivity contribution is 0.224. The second-order valence-corrected chi connectivity index (χ2v) is 4.65. The van der Waals surface area contributed by atoms with E-state index < -0.39 is 17.9 Å². The fourth-order valence-electron chi connectivity index (χ4n) is 1.97. The molecule has 0 aliphatic rings. The van der Waals surface area contributed by atoms with Crippen molar-refractivity contribution in [1.82, 2.24) is 5.32 Å². The molecule has 2 aromatic rings. The fourth-order valence-corrected chi connectivity index (χ4v) is 1.97. The Kier molecular flexibility index (Phi) is 5.29. The second kappa shape index (κ2) is 7.40. The highest BCUT2D eigenvalue weighted by Crippen LogP contribution is 2.12. The third-order valence-electron chi connectivity index (χ3n) is 3.00. The predicted octanol–water partition coefficient (Wildman–Crippen LogP) is 2.55. The average molecular weight is 288 g/mol. The van der Waals surface area contributed by atoms with Crippen molar-refractivity contribution in [1.29, 1.82) is 0 Å². The Morgan fingerprint density at radius 3 is 2.43 bits per heavy atom. The number of anilines is 1. The lowest BCUT2D eigenvalue weighted by atomic mass is 10.1. The van der Waals surface area contributed by atoms with Crippen LogP contribution in [0.15, 0.2) is 54.6 Å². The van der Waals surface area contributed by atoms with E-state index in [1.54, 1.807) is 12.1 Å². The molecule has 3 N–H and O–H groups in total. The number of amides is 2. The number of carbonyl (C=O) groups is 1. The Morgan fingerprint density at radius 1 is 1.10 bits per heavy atom. The van der Waals surface area contributed by atoms with Gasteiger partial charge in [0.25, 0.3) is 0 Å². The number of benzene rings is 2.